The van der Waals surface area contributed by atoms with Crippen molar-refractivity contribution in [2.45, 2.75) is 50.5 Å². The van der Waals surface area contributed by atoms with Crippen LogP contribution in [0, 0.1) is 0 Å². The quantitative estimate of drug-likeness (QED) is 0.880. The van der Waals surface area contributed by atoms with E-state index in [-0.39, 0.29) is 29.8 Å². The van der Waals surface area contributed by atoms with E-state index in [1.807, 2.05) is 19.1 Å². The molecule has 1 aromatic rings. The zero-order valence-corrected chi connectivity index (χ0v) is 14.0. The molecule has 1 heterocycles. The first kappa shape index (κ1) is 17.8. The zero-order chi connectivity index (χ0) is 13.9. The van der Waals surface area contributed by atoms with E-state index in [9.17, 15) is 4.79 Å². The molecule has 1 aromatic heterocycles. The highest BCUT2D eigenvalue weighted by atomic mass is 35.5. The van der Waals surface area contributed by atoms with Gasteiger partial charge < -0.3 is 11.1 Å². The lowest BCUT2D eigenvalue weighted by Gasteiger charge is -2.37. The highest BCUT2D eigenvalue weighted by molar-refractivity contribution is 7.16. The first-order chi connectivity index (χ1) is 9.06. The van der Waals surface area contributed by atoms with Gasteiger partial charge in [-0.2, -0.15) is 0 Å². The molecule has 0 aromatic carbocycles. The van der Waals surface area contributed by atoms with Crippen LogP contribution < -0.4 is 11.1 Å². The predicted octanol–water partition coefficient (Wildman–Crippen LogP) is 3.70. The van der Waals surface area contributed by atoms with Gasteiger partial charge >= 0.3 is 0 Å². The molecule has 20 heavy (non-hydrogen) atoms. The Kier molecular flexibility index (Phi) is 6.79. The summed E-state index contributed by atoms with van der Waals surface area (Å²) in [6, 6.07) is 3.76. The number of hydrogen-bond donors (Lipinski definition) is 2. The lowest BCUT2D eigenvalue weighted by molar-refractivity contribution is -0.124. The summed E-state index contributed by atoms with van der Waals surface area (Å²) >= 11 is 7.39. The molecule has 6 heteroatoms. The SMILES string of the molecule is CC(C(=O)NC1(CN)CCCCC1)c1ccc(Cl)s1.Cl. The largest absolute Gasteiger partial charge is 0.349 e. The van der Waals surface area contributed by atoms with Crippen LogP contribution in [0.3, 0.4) is 0 Å². The molecule has 1 amide bonds. The van der Waals surface area contributed by atoms with Crippen molar-refractivity contribution in [3.05, 3.63) is 21.3 Å². The van der Waals surface area contributed by atoms with Crippen LogP contribution in [-0.2, 0) is 4.79 Å². The van der Waals surface area contributed by atoms with Gasteiger partial charge in [-0.3, -0.25) is 4.79 Å². The molecule has 1 unspecified atom stereocenters. The van der Waals surface area contributed by atoms with E-state index in [1.165, 1.54) is 17.8 Å². The minimum absolute atomic E-state index is 0. The van der Waals surface area contributed by atoms with Crippen LogP contribution in [0.25, 0.3) is 0 Å². The maximum Gasteiger partial charge on any atom is 0.228 e. The van der Waals surface area contributed by atoms with E-state index in [2.05, 4.69) is 5.32 Å². The van der Waals surface area contributed by atoms with Crippen LogP contribution in [0.1, 0.15) is 49.8 Å². The molecule has 1 fully saturated rings. The van der Waals surface area contributed by atoms with E-state index >= 15 is 0 Å². The van der Waals surface area contributed by atoms with Crippen LogP contribution in [0.4, 0.5) is 0 Å². The van der Waals surface area contributed by atoms with Crippen molar-refractivity contribution < 1.29 is 4.79 Å². The summed E-state index contributed by atoms with van der Waals surface area (Å²) in [4.78, 5) is 13.4. The Morgan fingerprint density at radius 2 is 2.10 bits per heavy atom. The molecule has 1 aliphatic rings. The molecule has 0 spiro atoms. The lowest BCUT2D eigenvalue weighted by atomic mass is 9.81. The van der Waals surface area contributed by atoms with Crippen LogP contribution >= 0.6 is 35.3 Å². The van der Waals surface area contributed by atoms with Crippen molar-refractivity contribution in [2.24, 2.45) is 5.73 Å². The van der Waals surface area contributed by atoms with Crippen LogP contribution in [0.15, 0.2) is 12.1 Å². The summed E-state index contributed by atoms with van der Waals surface area (Å²) < 4.78 is 0.723. The topological polar surface area (TPSA) is 55.1 Å². The number of rotatable bonds is 4. The highest BCUT2D eigenvalue weighted by Crippen LogP contribution is 2.31. The number of halogens is 2. The Balaban J connectivity index is 0.00000200. The Labute approximate surface area is 135 Å². The smallest absolute Gasteiger partial charge is 0.228 e. The fourth-order valence-electron chi connectivity index (χ4n) is 2.67. The molecule has 3 nitrogen and oxygen atoms in total. The standard InChI is InChI=1S/C14H21ClN2OS.ClH/c1-10(11-5-6-12(15)19-11)13(18)17-14(9-16)7-3-2-4-8-14;/h5-6,10H,2-4,7-9,16H2,1H3,(H,17,18);1H. The number of carbonyl (C=O) groups excluding carboxylic acids is 1. The van der Waals surface area contributed by atoms with Crippen LogP contribution in [0.2, 0.25) is 4.34 Å². The Hall–Kier alpha value is -0.290. The molecule has 1 saturated carbocycles. The minimum Gasteiger partial charge on any atom is -0.349 e. The van der Waals surface area contributed by atoms with Crippen molar-refractivity contribution in [3.8, 4) is 0 Å². The Bertz CT molecular complexity index is 444. The molecular formula is C14H22Cl2N2OS. The average molecular weight is 337 g/mol. The van der Waals surface area contributed by atoms with Gasteiger partial charge in [0.05, 0.1) is 15.8 Å². The van der Waals surface area contributed by atoms with Crippen molar-refractivity contribution in [2.75, 3.05) is 6.54 Å². The van der Waals surface area contributed by atoms with Crippen LogP contribution in [-0.4, -0.2) is 18.0 Å². The summed E-state index contributed by atoms with van der Waals surface area (Å²) in [5, 5.41) is 3.19. The summed E-state index contributed by atoms with van der Waals surface area (Å²) in [6.45, 7) is 2.45. The fourth-order valence-corrected chi connectivity index (χ4v) is 3.78. The average Bonchev–Trinajstić information content (AvgIpc) is 2.85. The van der Waals surface area contributed by atoms with Crippen molar-refractivity contribution in [3.63, 3.8) is 0 Å². The van der Waals surface area contributed by atoms with Crippen LogP contribution in [0.5, 0.6) is 0 Å². The third kappa shape index (κ3) is 4.10. The van der Waals surface area contributed by atoms with Gasteiger partial charge in [0.1, 0.15) is 0 Å². The van der Waals surface area contributed by atoms with Gasteiger partial charge in [-0.1, -0.05) is 30.9 Å². The first-order valence-electron chi connectivity index (χ1n) is 6.84. The maximum absolute atomic E-state index is 12.4. The van der Waals surface area contributed by atoms with Crippen molar-refractivity contribution in [1.82, 2.24) is 5.32 Å². The zero-order valence-electron chi connectivity index (χ0n) is 11.7. The molecule has 0 saturated heterocycles. The number of amides is 1. The maximum atomic E-state index is 12.4. The van der Waals surface area contributed by atoms with Gasteiger partial charge in [0.2, 0.25) is 5.91 Å². The lowest BCUT2D eigenvalue weighted by Crippen LogP contribution is -2.55. The first-order valence-corrected chi connectivity index (χ1v) is 8.03. The molecule has 1 atom stereocenters. The second kappa shape index (κ2) is 7.64. The molecule has 2 rings (SSSR count). The van der Waals surface area contributed by atoms with Gasteiger partial charge in [0.25, 0.3) is 0 Å². The molecule has 3 N–H and O–H groups in total. The summed E-state index contributed by atoms with van der Waals surface area (Å²) in [6.07, 6.45) is 5.53. The second-order valence-corrected chi connectivity index (χ2v) is 7.14. The van der Waals surface area contributed by atoms with Gasteiger partial charge in [-0.15, -0.1) is 23.7 Å². The monoisotopic (exact) mass is 336 g/mol. The number of carbonyl (C=O) groups is 1. The van der Waals surface area contributed by atoms with Gasteiger partial charge in [0.15, 0.2) is 0 Å². The van der Waals surface area contributed by atoms with Crippen molar-refractivity contribution >= 4 is 41.3 Å². The molecular weight excluding hydrogens is 315 g/mol. The van der Waals surface area contributed by atoms with Gasteiger partial charge in [-0.25, -0.2) is 0 Å². The minimum atomic E-state index is -0.190. The number of thiophene rings is 1. The van der Waals surface area contributed by atoms with E-state index in [4.69, 9.17) is 17.3 Å². The molecule has 0 aliphatic heterocycles. The Morgan fingerprint density at radius 1 is 1.45 bits per heavy atom. The fraction of sp³-hybridized carbons (Fsp3) is 0.643. The number of hydrogen-bond acceptors (Lipinski definition) is 3. The normalized spacial score (nSPS) is 18.9. The van der Waals surface area contributed by atoms with E-state index in [0.29, 0.717) is 6.54 Å². The van der Waals surface area contributed by atoms with Gasteiger partial charge in [0, 0.05) is 11.4 Å². The van der Waals surface area contributed by atoms with Crippen molar-refractivity contribution in [1.29, 1.82) is 0 Å². The molecule has 114 valence electrons. The molecule has 0 bridgehead atoms. The third-order valence-corrected chi connectivity index (χ3v) is 5.42. The highest BCUT2D eigenvalue weighted by Gasteiger charge is 2.33. The number of nitrogens with one attached hydrogen (secondary N) is 1. The van der Waals surface area contributed by atoms with Gasteiger partial charge in [-0.05, 0) is 31.9 Å². The predicted molar refractivity (Wildman–Crippen MR) is 88.0 cm³/mol. The Morgan fingerprint density at radius 3 is 2.60 bits per heavy atom. The number of nitrogens with two attached hydrogens (primary N) is 1. The summed E-state index contributed by atoms with van der Waals surface area (Å²) in [5.41, 5.74) is 5.71. The summed E-state index contributed by atoms with van der Waals surface area (Å²) in [7, 11) is 0. The second-order valence-electron chi connectivity index (χ2n) is 5.40. The third-order valence-electron chi connectivity index (χ3n) is 4.00. The van der Waals surface area contributed by atoms with E-state index < -0.39 is 0 Å². The van der Waals surface area contributed by atoms with E-state index in [0.717, 1.165) is 34.9 Å². The molecule has 0 radical (unpaired) electrons. The van der Waals surface area contributed by atoms with E-state index in [1.54, 1.807) is 0 Å². The molecule has 1 aliphatic carbocycles. The summed E-state index contributed by atoms with van der Waals surface area (Å²) in [5.74, 6) is -0.103.